The Morgan fingerprint density at radius 1 is 1.23 bits per heavy atom. The summed E-state index contributed by atoms with van der Waals surface area (Å²) in [5, 5.41) is 10.8. The number of halogens is 1. The molecule has 0 spiro atoms. The fourth-order valence-electron chi connectivity index (χ4n) is 3.36. The maximum atomic E-state index is 5.48. The Bertz CT molecular complexity index is 764. The molecule has 0 radical (unpaired) electrons. The van der Waals surface area contributed by atoms with Gasteiger partial charge in [0.15, 0.2) is 11.8 Å². The smallest absolute Gasteiger partial charge is 0.276 e. The molecule has 166 valence electrons. The normalized spacial score (nSPS) is 16.2. The van der Waals surface area contributed by atoms with Crippen molar-refractivity contribution in [1.82, 2.24) is 30.7 Å². The summed E-state index contributed by atoms with van der Waals surface area (Å²) in [5.41, 5.74) is 0.680. The maximum Gasteiger partial charge on any atom is 0.276 e. The molecule has 2 aromatic heterocycles. The minimum absolute atomic E-state index is 0. The highest BCUT2D eigenvalue weighted by Gasteiger charge is 2.23. The molecule has 1 saturated heterocycles. The van der Waals surface area contributed by atoms with Crippen LogP contribution >= 0.6 is 24.0 Å². The third-order valence-electron chi connectivity index (χ3n) is 4.98. The van der Waals surface area contributed by atoms with Crippen LogP contribution in [0.5, 0.6) is 0 Å². The summed E-state index contributed by atoms with van der Waals surface area (Å²) < 4.78 is 10.8. The van der Waals surface area contributed by atoms with Crippen LogP contribution in [0.2, 0.25) is 0 Å². The molecule has 10 heteroatoms. The van der Waals surface area contributed by atoms with E-state index in [-0.39, 0.29) is 24.0 Å². The van der Waals surface area contributed by atoms with E-state index in [0.717, 1.165) is 38.8 Å². The summed E-state index contributed by atoms with van der Waals surface area (Å²) >= 11 is 0. The van der Waals surface area contributed by atoms with Crippen LogP contribution in [0.4, 0.5) is 0 Å². The first-order valence-electron chi connectivity index (χ1n) is 10.2. The molecule has 0 aromatic carbocycles. The number of nitrogens with one attached hydrogen (secondary N) is 2. The van der Waals surface area contributed by atoms with Crippen molar-refractivity contribution in [3.8, 4) is 11.6 Å². The predicted molar refractivity (Wildman–Crippen MR) is 127 cm³/mol. The van der Waals surface area contributed by atoms with E-state index in [9.17, 15) is 0 Å². The highest BCUT2D eigenvalue weighted by molar-refractivity contribution is 14.0. The second-order valence-electron chi connectivity index (χ2n) is 7.32. The van der Waals surface area contributed by atoms with Gasteiger partial charge in [0.05, 0.1) is 13.2 Å². The number of hydrogen-bond donors (Lipinski definition) is 2. The van der Waals surface area contributed by atoms with Gasteiger partial charge >= 0.3 is 0 Å². The van der Waals surface area contributed by atoms with Crippen molar-refractivity contribution in [3.63, 3.8) is 0 Å². The van der Waals surface area contributed by atoms with Crippen molar-refractivity contribution in [2.24, 2.45) is 10.9 Å². The van der Waals surface area contributed by atoms with Gasteiger partial charge in [-0.25, -0.2) is 0 Å². The van der Waals surface area contributed by atoms with E-state index in [1.165, 1.54) is 0 Å². The number of pyridine rings is 1. The lowest BCUT2D eigenvalue weighted by Crippen LogP contribution is -2.52. The van der Waals surface area contributed by atoms with Gasteiger partial charge in [-0.3, -0.25) is 14.9 Å². The molecule has 2 N–H and O–H groups in total. The zero-order chi connectivity index (χ0) is 20.5. The molecule has 1 atom stereocenters. The minimum atomic E-state index is 0. The predicted octanol–water partition coefficient (Wildman–Crippen LogP) is 1.81. The van der Waals surface area contributed by atoms with Crippen LogP contribution in [-0.2, 0) is 11.2 Å². The summed E-state index contributed by atoms with van der Waals surface area (Å²) in [6, 6.07) is 6.04. The Hall–Kier alpha value is -1.79. The van der Waals surface area contributed by atoms with Crippen LogP contribution in [0.1, 0.15) is 19.7 Å². The van der Waals surface area contributed by atoms with Gasteiger partial charge < -0.3 is 19.9 Å². The monoisotopic (exact) mass is 529 g/mol. The van der Waals surface area contributed by atoms with Crippen molar-refractivity contribution in [2.45, 2.75) is 26.3 Å². The highest BCUT2D eigenvalue weighted by atomic mass is 127. The first kappa shape index (κ1) is 24.5. The summed E-state index contributed by atoms with van der Waals surface area (Å²) in [5.74, 6) is 2.40. The molecule has 3 heterocycles. The number of guanidine groups is 1. The van der Waals surface area contributed by atoms with Crippen molar-refractivity contribution in [2.75, 3.05) is 46.4 Å². The molecule has 0 aliphatic carbocycles. The van der Waals surface area contributed by atoms with E-state index in [0.29, 0.717) is 42.3 Å². The molecular formula is C20H32IN7O2. The fourth-order valence-corrected chi connectivity index (χ4v) is 3.36. The fraction of sp³-hybridized carbons (Fsp3) is 0.600. The van der Waals surface area contributed by atoms with Crippen molar-refractivity contribution in [3.05, 3.63) is 30.2 Å². The molecule has 1 aliphatic rings. The highest BCUT2D eigenvalue weighted by Crippen LogP contribution is 2.13. The van der Waals surface area contributed by atoms with Gasteiger partial charge in [-0.1, -0.05) is 25.1 Å². The van der Waals surface area contributed by atoms with E-state index < -0.39 is 0 Å². The van der Waals surface area contributed by atoms with Crippen LogP contribution < -0.4 is 10.6 Å². The molecule has 1 unspecified atom stereocenters. The van der Waals surface area contributed by atoms with Gasteiger partial charge in [0.1, 0.15) is 5.69 Å². The molecule has 1 aliphatic heterocycles. The lowest BCUT2D eigenvalue weighted by atomic mass is 10.0. The molecule has 9 nitrogen and oxygen atoms in total. The van der Waals surface area contributed by atoms with Crippen molar-refractivity contribution in [1.29, 1.82) is 0 Å². The molecule has 0 bridgehead atoms. The van der Waals surface area contributed by atoms with Gasteiger partial charge in [-0.2, -0.15) is 4.98 Å². The van der Waals surface area contributed by atoms with E-state index in [1.54, 1.807) is 13.2 Å². The van der Waals surface area contributed by atoms with Crippen LogP contribution in [0.25, 0.3) is 11.6 Å². The third kappa shape index (κ3) is 7.17. The SMILES string of the molecule is CN=C(NCCc1noc(-c2ccccn2)n1)NCC(C(C)C)N1CCOCC1.I. The zero-order valence-corrected chi connectivity index (χ0v) is 20.2. The van der Waals surface area contributed by atoms with Crippen LogP contribution in [0.3, 0.4) is 0 Å². The average Bonchev–Trinajstić information content (AvgIpc) is 3.23. The quantitative estimate of drug-likeness (QED) is 0.304. The molecule has 2 aromatic rings. The van der Waals surface area contributed by atoms with Crippen LogP contribution in [-0.4, -0.2) is 78.5 Å². The Labute approximate surface area is 195 Å². The average molecular weight is 529 g/mol. The minimum Gasteiger partial charge on any atom is -0.379 e. The Morgan fingerprint density at radius 2 is 2.03 bits per heavy atom. The topological polar surface area (TPSA) is 101 Å². The van der Waals surface area contributed by atoms with Crippen LogP contribution in [0.15, 0.2) is 33.9 Å². The van der Waals surface area contributed by atoms with Gasteiger partial charge in [0.2, 0.25) is 0 Å². The number of rotatable bonds is 8. The number of hydrogen-bond acceptors (Lipinski definition) is 7. The molecule has 30 heavy (non-hydrogen) atoms. The second kappa shape index (κ2) is 12.8. The molecule has 1 fully saturated rings. The van der Waals surface area contributed by atoms with Gasteiger partial charge in [-0.05, 0) is 18.1 Å². The largest absolute Gasteiger partial charge is 0.379 e. The Balaban J connectivity index is 0.00000320. The van der Waals surface area contributed by atoms with E-state index in [4.69, 9.17) is 9.26 Å². The zero-order valence-electron chi connectivity index (χ0n) is 17.9. The van der Waals surface area contributed by atoms with E-state index in [1.807, 2.05) is 18.2 Å². The van der Waals surface area contributed by atoms with Gasteiger partial charge in [0.25, 0.3) is 5.89 Å². The molecule has 0 saturated carbocycles. The van der Waals surface area contributed by atoms with E-state index in [2.05, 4.69) is 49.5 Å². The molecule has 3 rings (SSSR count). The van der Waals surface area contributed by atoms with E-state index >= 15 is 0 Å². The Kier molecular flexibility index (Phi) is 10.4. The lowest BCUT2D eigenvalue weighted by Gasteiger charge is -2.37. The van der Waals surface area contributed by atoms with Gasteiger partial charge in [0, 0.05) is 51.9 Å². The number of aliphatic imine (C=N–C) groups is 1. The second-order valence-corrected chi connectivity index (χ2v) is 7.32. The number of ether oxygens (including phenoxy) is 1. The Morgan fingerprint density at radius 3 is 2.70 bits per heavy atom. The first-order chi connectivity index (χ1) is 14.2. The number of morpholine rings is 1. The lowest BCUT2D eigenvalue weighted by molar-refractivity contribution is 0.00752. The van der Waals surface area contributed by atoms with Crippen LogP contribution in [0, 0.1) is 5.92 Å². The summed E-state index contributed by atoms with van der Waals surface area (Å²) in [4.78, 5) is 15.4. The summed E-state index contributed by atoms with van der Waals surface area (Å²) in [6.07, 6.45) is 2.34. The summed E-state index contributed by atoms with van der Waals surface area (Å²) in [7, 11) is 1.78. The number of nitrogens with zero attached hydrogens (tertiary/aromatic N) is 5. The van der Waals surface area contributed by atoms with Crippen molar-refractivity contribution < 1.29 is 9.26 Å². The maximum absolute atomic E-state index is 5.48. The number of aromatic nitrogens is 3. The van der Waals surface area contributed by atoms with Gasteiger partial charge in [-0.15, -0.1) is 24.0 Å². The van der Waals surface area contributed by atoms with Crippen molar-refractivity contribution >= 4 is 29.9 Å². The standard InChI is InChI=1S/C20H31N7O2.HI/c1-15(2)17(27-10-12-28-13-11-27)14-24-20(21-3)23-9-7-18-25-19(29-26-18)16-6-4-5-8-22-16;/h4-6,8,15,17H,7,9-14H2,1-3H3,(H2,21,23,24);1H. The molecule has 0 amide bonds. The molecular weight excluding hydrogens is 497 g/mol. The third-order valence-corrected chi connectivity index (χ3v) is 4.98. The first-order valence-corrected chi connectivity index (χ1v) is 10.2. The summed E-state index contributed by atoms with van der Waals surface area (Å²) in [6.45, 7) is 9.58.